The Balaban J connectivity index is 1.63. The van der Waals surface area contributed by atoms with Crippen LogP contribution in [0.2, 0.25) is 0 Å². The number of alkyl halides is 2. The molecule has 2 heterocycles. The van der Waals surface area contributed by atoms with Gasteiger partial charge in [0, 0.05) is 21.6 Å². The van der Waals surface area contributed by atoms with Crippen LogP contribution in [0.5, 0.6) is 0 Å². The monoisotopic (exact) mass is 607 g/mol. The number of likely N-dealkylation sites (tertiary alicyclic amines) is 1. The number of carbonyl (C=O) groups excluding carboxylic acids is 2. The summed E-state index contributed by atoms with van der Waals surface area (Å²) in [5.41, 5.74) is 1.14. The lowest BCUT2D eigenvalue weighted by atomic mass is 10.2. The van der Waals surface area contributed by atoms with E-state index in [4.69, 9.17) is 5.26 Å². The summed E-state index contributed by atoms with van der Waals surface area (Å²) in [7, 11) is 0. The van der Waals surface area contributed by atoms with Crippen molar-refractivity contribution in [1.29, 1.82) is 5.26 Å². The minimum atomic E-state index is -3.10. The molecule has 0 spiro atoms. The summed E-state index contributed by atoms with van der Waals surface area (Å²) in [6.07, 6.45) is 0.815. The van der Waals surface area contributed by atoms with Gasteiger partial charge in [0.1, 0.15) is 10.6 Å². The predicted octanol–water partition coefficient (Wildman–Crippen LogP) is 3.71. The van der Waals surface area contributed by atoms with E-state index in [0.29, 0.717) is 6.54 Å². The number of amides is 2. The molecule has 1 aliphatic rings. The van der Waals surface area contributed by atoms with E-state index in [2.05, 4.69) is 58.2 Å². The highest BCUT2D eigenvalue weighted by molar-refractivity contribution is 9.13. The van der Waals surface area contributed by atoms with Gasteiger partial charge in [0.2, 0.25) is 5.91 Å². The summed E-state index contributed by atoms with van der Waals surface area (Å²) in [5.74, 6) is -4.43. The van der Waals surface area contributed by atoms with E-state index >= 15 is 0 Å². The third-order valence-electron chi connectivity index (χ3n) is 4.43. The standard InChI is InChI=1S/C18H14Br3F2N5O2/c19-13-2-1-10(3-14(13)20)7-27-8-12(16(21)26-27)17(30)25-6-15(29)28-9-18(22,23)4-11(28)5-24/h1-3,8,11H,4,6-7,9H2,(H,25,30)/t11-/m0/s1. The smallest absolute Gasteiger partial charge is 0.268 e. The number of rotatable bonds is 5. The molecule has 2 amide bonds. The number of hydrogen-bond donors (Lipinski definition) is 1. The predicted molar refractivity (Wildman–Crippen MR) is 114 cm³/mol. The first-order chi connectivity index (χ1) is 14.1. The van der Waals surface area contributed by atoms with E-state index in [1.807, 2.05) is 18.2 Å². The fraction of sp³-hybridized carbons (Fsp3) is 0.333. The zero-order chi connectivity index (χ0) is 22.1. The lowest BCUT2D eigenvalue weighted by Crippen LogP contribution is -2.42. The van der Waals surface area contributed by atoms with Crippen molar-refractivity contribution in [2.24, 2.45) is 0 Å². The van der Waals surface area contributed by atoms with Gasteiger partial charge in [-0.05, 0) is 65.5 Å². The Morgan fingerprint density at radius 3 is 2.70 bits per heavy atom. The van der Waals surface area contributed by atoms with E-state index in [0.717, 1.165) is 19.4 Å². The van der Waals surface area contributed by atoms with Crippen molar-refractivity contribution >= 4 is 59.6 Å². The minimum absolute atomic E-state index is 0.197. The van der Waals surface area contributed by atoms with Crippen molar-refractivity contribution in [2.75, 3.05) is 13.1 Å². The molecule has 1 saturated heterocycles. The van der Waals surface area contributed by atoms with E-state index in [1.165, 1.54) is 6.20 Å². The van der Waals surface area contributed by atoms with Gasteiger partial charge in [-0.1, -0.05) is 6.07 Å². The Hall–Kier alpha value is -1.84. The number of nitrogens with zero attached hydrogens (tertiary/aromatic N) is 4. The molecule has 0 aliphatic carbocycles. The van der Waals surface area contributed by atoms with E-state index in [9.17, 15) is 18.4 Å². The molecule has 0 unspecified atom stereocenters. The van der Waals surface area contributed by atoms with Crippen LogP contribution in [0.15, 0.2) is 37.9 Å². The first-order valence-electron chi connectivity index (χ1n) is 8.61. The van der Waals surface area contributed by atoms with Crippen molar-refractivity contribution in [3.05, 3.63) is 49.1 Å². The summed E-state index contributed by atoms with van der Waals surface area (Å²) in [6.45, 7) is -0.919. The summed E-state index contributed by atoms with van der Waals surface area (Å²) in [4.78, 5) is 25.4. The molecule has 1 atom stereocenters. The van der Waals surface area contributed by atoms with Crippen LogP contribution in [0.25, 0.3) is 0 Å². The van der Waals surface area contributed by atoms with Gasteiger partial charge in [-0.3, -0.25) is 14.3 Å². The molecule has 158 valence electrons. The zero-order valence-electron chi connectivity index (χ0n) is 15.2. The van der Waals surface area contributed by atoms with Crippen molar-refractivity contribution in [3.8, 4) is 6.07 Å². The number of carbonyl (C=O) groups is 2. The van der Waals surface area contributed by atoms with E-state index in [-0.39, 0.29) is 10.2 Å². The summed E-state index contributed by atoms with van der Waals surface area (Å²) in [5, 5.41) is 15.6. The van der Waals surface area contributed by atoms with Crippen LogP contribution in [-0.2, 0) is 11.3 Å². The Bertz CT molecular complexity index is 1040. The van der Waals surface area contributed by atoms with Crippen LogP contribution in [0.4, 0.5) is 8.78 Å². The van der Waals surface area contributed by atoms with Gasteiger partial charge in [-0.25, -0.2) is 8.78 Å². The third kappa shape index (κ3) is 5.25. The average Bonchev–Trinajstić information content (AvgIpc) is 3.21. The van der Waals surface area contributed by atoms with Crippen LogP contribution >= 0.6 is 47.8 Å². The average molecular weight is 610 g/mol. The Labute approximate surface area is 195 Å². The SMILES string of the molecule is N#C[C@@H]1CC(F)(F)CN1C(=O)CNC(=O)c1cn(Cc2ccc(Br)c(Br)c2)nc1Br. The highest BCUT2D eigenvalue weighted by Gasteiger charge is 2.47. The molecule has 12 heteroatoms. The maximum atomic E-state index is 13.5. The maximum Gasteiger partial charge on any atom is 0.268 e. The molecule has 0 radical (unpaired) electrons. The molecule has 2 aromatic rings. The minimum Gasteiger partial charge on any atom is -0.343 e. The van der Waals surface area contributed by atoms with Gasteiger partial charge < -0.3 is 10.2 Å². The van der Waals surface area contributed by atoms with Gasteiger partial charge in [0.25, 0.3) is 11.8 Å². The molecule has 0 saturated carbocycles. The van der Waals surface area contributed by atoms with Crippen molar-refractivity contribution in [1.82, 2.24) is 20.0 Å². The first-order valence-corrected chi connectivity index (χ1v) is 11.0. The van der Waals surface area contributed by atoms with Crippen molar-refractivity contribution in [2.45, 2.75) is 24.9 Å². The van der Waals surface area contributed by atoms with Crippen LogP contribution in [0, 0.1) is 11.3 Å². The molecule has 1 aromatic heterocycles. The number of nitriles is 1. The van der Waals surface area contributed by atoms with Gasteiger partial charge in [-0.15, -0.1) is 0 Å². The lowest BCUT2D eigenvalue weighted by molar-refractivity contribution is -0.131. The quantitative estimate of drug-likeness (QED) is 0.560. The van der Waals surface area contributed by atoms with Gasteiger partial charge in [0.05, 0.1) is 31.3 Å². The summed E-state index contributed by atoms with van der Waals surface area (Å²) in [6, 6.07) is 6.19. The molecule has 0 bridgehead atoms. The van der Waals surface area contributed by atoms with E-state index in [1.54, 1.807) is 10.8 Å². The fourth-order valence-corrected chi connectivity index (χ4v) is 4.16. The number of halogens is 5. The van der Waals surface area contributed by atoms with Gasteiger partial charge >= 0.3 is 0 Å². The van der Waals surface area contributed by atoms with Crippen LogP contribution in [-0.4, -0.2) is 51.5 Å². The molecular weight excluding hydrogens is 596 g/mol. The van der Waals surface area contributed by atoms with Crippen LogP contribution < -0.4 is 5.32 Å². The normalized spacial score (nSPS) is 17.6. The second-order valence-corrected chi connectivity index (χ2v) is 9.15. The topological polar surface area (TPSA) is 91.0 Å². The largest absolute Gasteiger partial charge is 0.343 e. The number of aromatic nitrogens is 2. The fourth-order valence-electron chi connectivity index (χ4n) is 3.00. The molecule has 1 N–H and O–H groups in total. The highest BCUT2D eigenvalue weighted by atomic mass is 79.9. The van der Waals surface area contributed by atoms with E-state index < -0.39 is 43.3 Å². The Morgan fingerprint density at radius 2 is 2.03 bits per heavy atom. The molecule has 1 aromatic carbocycles. The van der Waals surface area contributed by atoms with Crippen molar-refractivity contribution in [3.63, 3.8) is 0 Å². The zero-order valence-corrected chi connectivity index (χ0v) is 20.0. The van der Waals surface area contributed by atoms with Crippen LogP contribution in [0.1, 0.15) is 22.3 Å². The van der Waals surface area contributed by atoms with Gasteiger partial charge in [-0.2, -0.15) is 10.4 Å². The third-order valence-corrected chi connectivity index (χ3v) is 6.89. The first kappa shape index (κ1) is 22.8. The Morgan fingerprint density at radius 1 is 1.30 bits per heavy atom. The second kappa shape index (κ2) is 9.11. The van der Waals surface area contributed by atoms with Crippen molar-refractivity contribution < 1.29 is 18.4 Å². The molecule has 1 aliphatic heterocycles. The van der Waals surface area contributed by atoms with Gasteiger partial charge in [0.15, 0.2) is 0 Å². The lowest BCUT2D eigenvalue weighted by Gasteiger charge is -2.19. The highest BCUT2D eigenvalue weighted by Crippen LogP contribution is 2.31. The number of benzene rings is 1. The number of nitrogens with one attached hydrogen (secondary N) is 1. The maximum absolute atomic E-state index is 13.5. The van der Waals surface area contributed by atoms with Crippen LogP contribution in [0.3, 0.4) is 0 Å². The number of hydrogen-bond acceptors (Lipinski definition) is 4. The summed E-state index contributed by atoms with van der Waals surface area (Å²) < 4.78 is 30.6. The molecular formula is C18H14Br3F2N5O2. The Kier molecular flexibility index (Phi) is 6.94. The molecule has 30 heavy (non-hydrogen) atoms. The molecule has 1 fully saturated rings. The molecule has 3 rings (SSSR count). The second-order valence-electron chi connectivity index (χ2n) is 6.69. The summed E-state index contributed by atoms with van der Waals surface area (Å²) >= 11 is 10.0. The molecule has 7 nitrogen and oxygen atoms in total.